The second-order valence-electron chi connectivity index (χ2n) is 5.86. The fraction of sp³-hybridized carbons (Fsp3) is 0.176. The number of hydrogen-bond acceptors (Lipinski definition) is 7. The van der Waals surface area contributed by atoms with E-state index in [0.29, 0.717) is 5.56 Å². The maximum Gasteiger partial charge on any atom is 0.348 e. The van der Waals surface area contributed by atoms with Gasteiger partial charge in [0.15, 0.2) is 0 Å². The first-order chi connectivity index (χ1) is 12.2. The Morgan fingerprint density at radius 1 is 1.12 bits per heavy atom. The molecule has 1 saturated heterocycles. The fourth-order valence-corrected chi connectivity index (χ4v) is 2.52. The van der Waals surface area contributed by atoms with E-state index < -0.39 is 22.6 Å². The Morgan fingerprint density at radius 3 is 2.38 bits per heavy atom. The summed E-state index contributed by atoms with van der Waals surface area (Å²) in [5, 5.41) is 11.2. The van der Waals surface area contributed by atoms with E-state index in [1.807, 2.05) is 0 Å². The summed E-state index contributed by atoms with van der Waals surface area (Å²) in [5.41, 5.74) is -0.168. The number of ether oxygens (including phenoxy) is 2. The van der Waals surface area contributed by atoms with E-state index in [4.69, 9.17) is 25.5 Å². The van der Waals surface area contributed by atoms with Crippen LogP contribution in [-0.4, -0.2) is 22.6 Å². The molecule has 0 amide bonds. The zero-order valence-corrected chi connectivity index (χ0v) is 14.4. The molecule has 0 spiro atoms. The van der Waals surface area contributed by atoms with Crippen LogP contribution in [0.5, 0.6) is 0 Å². The summed E-state index contributed by atoms with van der Waals surface area (Å²) in [4.78, 5) is 34.2. The standard InChI is InChI=1S/C17H12ClNO7/c1-17(2)25-15(20)12(16(21)26-17)8-10-4-6-14(24-10)11-7-9(19(22)23)3-5-13(11)18/h3-8H,1-2H3. The SMILES string of the molecule is CC1(C)OC(=O)C(=Cc2ccc(-c3cc([N+](=O)[O-])ccc3Cl)o2)C(=O)O1. The van der Waals surface area contributed by atoms with E-state index in [2.05, 4.69) is 0 Å². The van der Waals surface area contributed by atoms with Gasteiger partial charge in [-0.2, -0.15) is 0 Å². The van der Waals surface area contributed by atoms with Crippen molar-refractivity contribution in [2.24, 2.45) is 0 Å². The number of halogens is 1. The van der Waals surface area contributed by atoms with Crippen molar-refractivity contribution < 1.29 is 28.4 Å². The third kappa shape index (κ3) is 3.45. The number of cyclic esters (lactones) is 2. The lowest BCUT2D eigenvalue weighted by molar-refractivity contribution is -0.384. The van der Waals surface area contributed by atoms with Crippen LogP contribution in [0.15, 0.2) is 40.3 Å². The Morgan fingerprint density at radius 2 is 1.77 bits per heavy atom. The molecule has 0 saturated carbocycles. The van der Waals surface area contributed by atoms with Crippen LogP contribution in [0, 0.1) is 10.1 Å². The minimum Gasteiger partial charge on any atom is -0.457 e. The summed E-state index contributed by atoms with van der Waals surface area (Å²) in [6.45, 7) is 2.88. The highest BCUT2D eigenvalue weighted by atomic mass is 35.5. The van der Waals surface area contributed by atoms with Gasteiger partial charge in [-0.1, -0.05) is 11.6 Å². The van der Waals surface area contributed by atoms with E-state index in [1.54, 1.807) is 0 Å². The van der Waals surface area contributed by atoms with Crippen molar-refractivity contribution >= 4 is 35.3 Å². The highest BCUT2D eigenvalue weighted by Crippen LogP contribution is 2.33. The van der Waals surface area contributed by atoms with Gasteiger partial charge < -0.3 is 13.9 Å². The van der Waals surface area contributed by atoms with E-state index in [9.17, 15) is 19.7 Å². The number of rotatable bonds is 3. The molecule has 134 valence electrons. The Hall–Kier alpha value is -3.13. The fourth-order valence-electron chi connectivity index (χ4n) is 2.31. The van der Waals surface area contributed by atoms with Gasteiger partial charge in [0.05, 0.1) is 9.95 Å². The maximum absolute atomic E-state index is 11.9. The summed E-state index contributed by atoms with van der Waals surface area (Å²) in [6.07, 6.45) is 1.18. The minimum absolute atomic E-state index is 0.151. The highest BCUT2D eigenvalue weighted by molar-refractivity contribution is 6.33. The number of furan rings is 1. The van der Waals surface area contributed by atoms with Crippen LogP contribution in [0.1, 0.15) is 19.6 Å². The third-order valence-corrected chi connectivity index (χ3v) is 3.79. The van der Waals surface area contributed by atoms with Crippen LogP contribution in [-0.2, 0) is 19.1 Å². The lowest BCUT2D eigenvalue weighted by Crippen LogP contribution is -2.41. The molecular weight excluding hydrogens is 366 g/mol. The lowest BCUT2D eigenvalue weighted by Gasteiger charge is -2.29. The molecule has 0 radical (unpaired) electrons. The normalized spacial score (nSPS) is 16.0. The molecule has 0 N–H and O–H groups in total. The predicted octanol–water partition coefficient (Wildman–Crippen LogP) is 3.73. The zero-order valence-electron chi connectivity index (χ0n) is 13.6. The second-order valence-corrected chi connectivity index (χ2v) is 6.27. The molecular formula is C17H12ClNO7. The molecule has 0 unspecified atom stereocenters. The number of nitro groups is 1. The average Bonchev–Trinajstić information content (AvgIpc) is 2.98. The van der Waals surface area contributed by atoms with Crippen molar-refractivity contribution in [2.45, 2.75) is 19.6 Å². The molecule has 1 aromatic heterocycles. The van der Waals surface area contributed by atoms with Gasteiger partial charge in [0.1, 0.15) is 17.1 Å². The topological polar surface area (TPSA) is 109 Å². The van der Waals surface area contributed by atoms with Crippen LogP contribution in [0.2, 0.25) is 5.02 Å². The number of non-ortho nitro benzene ring substituents is 1. The molecule has 26 heavy (non-hydrogen) atoms. The first kappa shape index (κ1) is 17.7. The Labute approximate surface area is 152 Å². The van der Waals surface area contributed by atoms with Crippen molar-refractivity contribution in [1.29, 1.82) is 0 Å². The Kier molecular flexibility index (Phi) is 4.29. The molecule has 2 aromatic rings. The first-order valence-corrected chi connectivity index (χ1v) is 7.76. The second kappa shape index (κ2) is 6.30. The summed E-state index contributed by atoms with van der Waals surface area (Å²) < 4.78 is 15.5. The molecule has 1 aliphatic heterocycles. The van der Waals surface area contributed by atoms with E-state index >= 15 is 0 Å². The number of esters is 2. The number of carbonyl (C=O) groups excluding carboxylic acids is 2. The van der Waals surface area contributed by atoms with Crippen molar-refractivity contribution in [2.75, 3.05) is 0 Å². The van der Waals surface area contributed by atoms with Crippen molar-refractivity contribution in [3.63, 3.8) is 0 Å². The van der Waals surface area contributed by atoms with E-state index in [-0.39, 0.29) is 27.8 Å². The van der Waals surface area contributed by atoms with Crippen LogP contribution >= 0.6 is 11.6 Å². The van der Waals surface area contributed by atoms with E-state index in [0.717, 1.165) is 0 Å². The molecule has 1 aliphatic rings. The van der Waals surface area contributed by atoms with Crippen LogP contribution in [0.25, 0.3) is 17.4 Å². The van der Waals surface area contributed by atoms with Gasteiger partial charge in [-0.25, -0.2) is 9.59 Å². The molecule has 9 heteroatoms. The average molecular weight is 378 g/mol. The highest BCUT2D eigenvalue weighted by Gasteiger charge is 2.39. The molecule has 1 fully saturated rings. The number of nitrogens with zero attached hydrogens (tertiary/aromatic N) is 1. The van der Waals surface area contributed by atoms with Crippen LogP contribution < -0.4 is 0 Å². The quantitative estimate of drug-likeness (QED) is 0.263. The van der Waals surface area contributed by atoms with Gasteiger partial charge >= 0.3 is 11.9 Å². The van der Waals surface area contributed by atoms with Gasteiger partial charge in [-0.05, 0) is 18.2 Å². The monoisotopic (exact) mass is 377 g/mol. The predicted molar refractivity (Wildman–Crippen MR) is 90.0 cm³/mol. The molecule has 3 rings (SSSR count). The summed E-state index contributed by atoms with van der Waals surface area (Å²) in [5.74, 6) is -2.61. The largest absolute Gasteiger partial charge is 0.457 e. The van der Waals surface area contributed by atoms with Crippen molar-refractivity contribution in [1.82, 2.24) is 0 Å². The number of nitro benzene ring substituents is 1. The van der Waals surface area contributed by atoms with E-state index in [1.165, 1.54) is 50.3 Å². The Bertz CT molecular complexity index is 936. The molecule has 2 heterocycles. The molecule has 0 atom stereocenters. The van der Waals surface area contributed by atoms with Gasteiger partial charge in [-0.15, -0.1) is 0 Å². The molecule has 0 aliphatic carbocycles. The molecule has 1 aromatic carbocycles. The first-order valence-electron chi connectivity index (χ1n) is 7.39. The van der Waals surface area contributed by atoms with Gasteiger partial charge in [0.2, 0.25) is 0 Å². The minimum atomic E-state index is -1.34. The number of hydrogen-bond donors (Lipinski definition) is 0. The number of benzene rings is 1. The smallest absolute Gasteiger partial charge is 0.348 e. The van der Waals surface area contributed by atoms with Crippen molar-refractivity contribution in [3.8, 4) is 11.3 Å². The van der Waals surface area contributed by atoms with Crippen LogP contribution in [0.3, 0.4) is 0 Å². The third-order valence-electron chi connectivity index (χ3n) is 3.46. The Balaban J connectivity index is 1.94. The lowest BCUT2D eigenvalue weighted by atomic mass is 10.1. The summed E-state index contributed by atoms with van der Waals surface area (Å²) in [6, 6.07) is 6.92. The van der Waals surface area contributed by atoms with Crippen LogP contribution in [0.4, 0.5) is 5.69 Å². The maximum atomic E-state index is 11.9. The van der Waals surface area contributed by atoms with Gasteiger partial charge in [0, 0.05) is 37.6 Å². The zero-order chi connectivity index (χ0) is 19.1. The molecule has 0 bridgehead atoms. The summed E-state index contributed by atoms with van der Waals surface area (Å²) in [7, 11) is 0. The van der Waals surface area contributed by atoms with Gasteiger partial charge in [0.25, 0.3) is 11.5 Å². The molecule has 8 nitrogen and oxygen atoms in total. The number of carbonyl (C=O) groups is 2. The van der Waals surface area contributed by atoms with Crippen molar-refractivity contribution in [3.05, 3.63) is 56.8 Å². The summed E-state index contributed by atoms with van der Waals surface area (Å²) >= 11 is 6.07. The van der Waals surface area contributed by atoms with Gasteiger partial charge in [-0.3, -0.25) is 10.1 Å².